The van der Waals surface area contributed by atoms with Crippen molar-refractivity contribution in [3.8, 4) is 0 Å². The first-order valence-corrected chi connectivity index (χ1v) is 5.68. The predicted molar refractivity (Wildman–Crippen MR) is 69.3 cm³/mol. The predicted octanol–water partition coefficient (Wildman–Crippen LogP) is 2.89. The van der Waals surface area contributed by atoms with Crippen molar-refractivity contribution in [2.45, 2.75) is 25.8 Å². The zero-order valence-electron chi connectivity index (χ0n) is 9.90. The van der Waals surface area contributed by atoms with Gasteiger partial charge in [0.25, 0.3) is 0 Å². The summed E-state index contributed by atoms with van der Waals surface area (Å²) in [5.41, 5.74) is 2.73. The molecule has 1 heterocycles. The number of rotatable bonds is 2. The zero-order valence-corrected chi connectivity index (χ0v) is 10.7. The van der Waals surface area contributed by atoms with Crippen LogP contribution in [0.4, 0.5) is 0 Å². The molecule has 1 aromatic rings. The molecule has 2 nitrogen and oxygen atoms in total. The largest absolute Gasteiger partial charge is 0.378 e. The summed E-state index contributed by atoms with van der Waals surface area (Å²) < 4.78 is 5.45. The lowest BCUT2D eigenvalue weighted by Gasteiger charge is -2.24. The van der Waals surface area contributed by atoms with Gasteiger partial charge in [0.1, 0.15) is 0 Å². The number of hydrogen-bond acceptors (Lipinski definition) is 2. The van der Waals surface area contributed by atoms with E-state index in [4.69, 9.17) is 4.74 Å². The van der Waals surface area contributed by atoms with E-state index in [0.29, 0.717) is 12.0 Å². The Labute approximate surface area is 104 Å². The van der Waals surface area contributed by atoms with Crippen LogP contribution in [0.1, 0.15) is 36.9 Å². The van der Waals surface area contributed by atoms with Crippen LogP contribution in [-0.4, -0.2) is 19.8 Å². The van der Waals surface area contributed by atoms with Gasteiger partial charge in [-0.2, -0.15) is 0 Å². The summed E-state index contributed by atoms with van der Waals surface area (Å²) in [4.78, 5) is 0. The molecule has 1 fully saturated rings. The van der Waals surface area contributed by atoms with Crippen LogP contribution in [0.5, 0.6) is 0 Å². The Morgan fingerprint density at radius 3 is 2.44 bits per heavy atom. The van der Waals surface area contributed by atoms with E-state index in [1.807, 2.05) is 0 Å². The fourth-order valence-electron chi connectivity index (χ4n) is 1.89. The van der Waals surface area contributed by atoms with E-state index in [9.17, 15) is 0 Å². The van der Waals surface area contributed by atoms with Crippen LogP contribution in [0.15, 0.2) is 24.3 Å². The van der Waals surface area contributed by atoms with Crippen LogP contribution in [-0.2, 0) is 4.74 Å². The van der Waals surface area contributed by atoms with Gasteiger partial charge in [0.15, 0.2) is 0 Å². The van der Waals surface area contributed by atoms with E-state index in [1.165, 1.54) is 11.1 Å². The second kappa shape index (κ2) is 6.24. The van der Waals surface area contributed by atoms with Crippen molar-refractivity contribution in [3.63, 3.8) is 0 Å². The van der Waals surface area contributed by atoms with E-state index in [2.05, 4.69) is 43.4 Å². The highest BCUT2D eigenvalue weighted by atomic mass is 35.5. The first kappa shape index (κ1) is 13.5. The second-order valence-corrected chi connectivity index (χ2v) is 4.40. The molecule has 1 aliphatic heterocycles. The molecule has 1 aromatic carbocycles. The molecular formula is C13H20ClNO. The fourth-order valence-corrected chi connectivity index (χ4v) is 1.89. The summed E-state index contributed by atoms with van der Waals surface area (Å²) in [5.74, 6) is 0.606. The third kappa shape index (κ3) is 3.21. The fraction of sp³-hybridized carbons (Fsp3) is 0.538. The number of benzene rings is 1. The molecule has 2 rings (SSSR count). The van der Waals surface area contributed by atoms with Gasteiger partial charge >= 0.3 is 0 Å². The van der Waals surface area contributed by atoms with Crippen LogP contribution in [0.2, 0.25) is 0 Å². The molecule has 16 heavy (non-hydrogen) atoms. The summed E-state index contributed by atoms with van der Waals surface area (Å²) in [7, 11) is 0. The monoisotopic (exact) mass is 241 g/mol. The Kier molecular flexibility index (Phi) is 5.26. The minimum Gasteiger partial charge on any atom is -0.378 e. The van der Waals surface area contributed by atoms with Crippen molar-refractivity contribution in [1.82, 2.24) is 5.32 Å². The molecule has 0 radical (unpaired) electrons. The molecule has 1 N–H and O–H groups in total. The topological polar surface area (TPSA) is 21.3 Å². The molecular weight excluding hydrogens is 222 g/mol. The standard InChI is InChI=1S/C13H19NO.ClH/c1-10(2)11-3-5-12(6-4-11)13-9-15-8-7-14-13;/h3-6,10,13-14H,7-9H2,1-2H3;1H. The van der Waals surface area contributed by atoms with Crippen molar-refractivity contribution in [2.75, 3.05) is 19.8 Å². The van der Waals surface area contributed by atoms with Crippen LogP contribution >= 0.6 is 12.4 Å². The lowest BCUT2D eigenvalue weighted by molar-refractivity contribution is 0.0769. The number of morpholine rings is 1. The Hall–Kier alpha value is -0.570. The van der Waals surface area contributed by atoms with Crippen LogP contribution in [0, 0.1) is 0 Å². The van der Waals surface area contributed by atoms with Gasteiger partial charge in [0.2, 0.25) is 0 Å². The van der Waals surface area contributed by atoms with E-state index in [1.54, 1.807) is 0 Å². The Morgan fingerprint density at radius 2 is 1.94 bits per heavy atom. The maximum Gasteiger partial charge on any atom is 0.0662 e. The molecule has 0 bridgehead atoms. The minimum absolute atomic E-state index is 0. The zero-order chi connectivity index (χ0) is 10.7. The van der Waals surface area contributed by atoms with E-state index in [0.717, 1.165) is 19.8 Å². The highest BCUT2D eigenvalue weighted by molar-refractivity contribution is 5.85. The maximum atomic E-state index is 5.45. The van der Waals surface area contributed by atoms with E-state index < -0.39 is 0 Å². The van der Waals surface area contributed by atoms with Crippen molar-refractivity contribution in [2.24, 2.45) is 0 Å². The summed E-state index contributed by atoms with van der Waals surface area (Å²) >= 11 is 0. The normalized spacial score (nSPS) is 20.6. The van der Waals surface area contributed by atoms with Gasteiger partial charge in [-0.15, -0.1) is 12.4 Å². The van der Waals surface area contributed by atoms with E-state index in [-0.39, 0.29) is 12.4 Å². The number of nitrogens with one attached hydrogen (secondary N) is 1. The quantitative estimate of drug-likeness (QED) is 0.860. The summed E-state index contributed by atoms with van der Waals surface area (Å²) in [6.07, 6.45) is 0. The van der Waals surface area contributed by atoms with E-state index >= 15 is 0 Å². The highest BCUT2D eigenvalue weighted by Gasteiger charge is 2.14. The van der Waals surface area contributed by atoms with Gasteiger partial charge in [0, 0.05) is 6.54 Å². The second-order valence-electron chi connectivity index (χ2n) is 4.40. The molecule has 0 aliphatic carbocycles. The minimum atomic E-state index is 0. The van der Waals surface area contributed by atoms with Gasteiger partial charge in [0.05, 0.1) is 19.3 Å². The van der Waals surface area contributed by atoms with Crippen molar-refractivity contribution < 1.29 is 4.74 Å². The average molecular weight is 242 g/mol. The molecule has 3 heteroatoms. The smallest absolute Gasteiger partial charge is 0.0662 e. The third-order valence-corrected chi connectivity index (χ3v) is 2.93. The molecule has 1 atom stereocenters. The Bertz CT molecular complexity index is 304. The summed E-state index contributed by atoms with van der Waals surface area (Å²) in [6.45, 7) is 7.02. The summed E-state index contributed by atoms with van der Waals surface area (Å²) in [5, 5.41) is 3.46. The molecule has 0 saturated carbocycles. The molecule has 1 unspecified atom stereocenters. The Balaban J connectivity index is 0.00000128. The number of ether oxygens (including phenoxy) is 1. The van der Waals surface area contributed by atoms with Gasteiger partial charge in [-0.25, -0.2) is 0 Å². The van der Waals surface area contributed by atoms with Gasteiger partial charge < -0.3 is 10.1 Å². The van der Waals surface area contributed by atoms with Gasteiger partial charge in [-0.05, 0) is 17.0 Å². The Morgan fingerprint density at radius 1 is 1.25 bits per heavy atom. The van der Waals surface area contributed by atoms with Crippen LogP contribution in [0.25, 0.3) is 0 Å². The first-order chi connectivity index (χ1) is 7.27. The third-order valence-electron chi connectivity index (χ3n) is 2.93. The average Bonchev–Trinajstić information content (AvgIpc) is 2.30. The highest BCUT2D eigenvalue weighted by Crippen LogP contribution is 2.19. The van der Waals surface area contributed by atoms with Gasteiger partial charge in [-0.3, -0.25) is 0 Å². The van der Waals surface area contributed by atoms with Crippen molar-refractivity contribution in [1.29, 1.82) is 0 Å². The lowest BCUT2D eigenvalue weighted by Crippen LogP contribution is -2.34. The molecule has 90 valence electrons. The lowest BCUT2D eigenvalue weighted by atomic mass is 9.99. The molecule has 0 aromatic heterocycles. The maximum absolute atomic E-state index is 5.45. The molecule has 1 saturated heterocycles. The molecule has 1 aliphatic rings. The van der Waals surface area contributed by atoms with Gasteiger partial charge in [-0.1, -0.05) is 38.1 Å². The summed E-state index contributed by atoms with van der Waals surface area (Å²) in [6, 6.07) is 9.23. The van der Waals surface area contributed by atoms with Crippen molar-refractivity contribution >= 4 is 12.4 Å². The van der Waals surface area contributed by atoms with Crippen LogP contribution in [0.3, 0.4) is 0 Å². The number of hydrogen-bond donors (Lipinski definition) is 1. The molecule has 0 amide bonds. The first-order valence-electron chi connectivity index (χ1n) is 5.68. The van der Waals surface area contributed by atoms with Crippen molar-refractivity contribution in [3.05, 3.63) is 35.4 Å². The SMILES string of the molecule is CC(C)c1ccc(C2COCCN2)cc1.Cl. The molecule has 0 spiro atoms. The van der Waals surface area contributed by atoms with Crippen LogP contribution < -0.4 is 5.32 Å². The number of halogens is 1.